The molecule has 0 radical (unpaired) electrons. The molecule has 106 valence electrons. The van der Waals surface area contributed by atoms with E-state index in [1.165, 1.54) is 0 Å². The van der Waals surface area contributed by atoms with Gasteiger partial charge in [-0.3, -0.25) is 5.32 Å². The van der Waals surface area contributed by atoms with Crippen LogP contribution in [0.5, 0.6) is 0 Å². The Balaban J connectivity index is 2.43. The number of nitrogens with one attached hydrogen (secondary N) is 1. The molecule has 0 fully saturated rings. The highest BCUT2D eigenvalue weighted by atomic mass is 16.4. The van der Waals surface area contributed by atoms with Crippen LogP contribution in [-0.4, -0.2) is 17.6 Å². The lowest BCUT2D eigenvalue weighted by Crippen LogP contribution is -2.48. The fraction of sp³-hybridized carbons (Fsp3) is 0.353. The lowest BCUT2D eigenvalue weighted by atomic mass is 9.90. The van der Waals surface area contributed by atoms with Gasteiger partial charge < -0.3 is 5.11 Å². The van der Waals surface area contributed by atoms with E-state index in [0.29, 0.717) is 12.5 Å². The first-order chi connectivity index (χ1) is 9.43. The zero-order valence-electron chi connectivity index (χ0n) is 12.2. The van der Waals surface area contributed by atoms with Gasteiger partial charge in [0.15, 0.2) is 0 Å². The molecule has 0 aliphatic carbocycles. The molecule has 0 saturated heterocycles. The normalized spacial score (nSPS) is 14.4. The maximum absolute atomic E-state index is 11.7. The summed E-state index contributed by atoms with van der Waals surface area (Å²) in [4.78, 5) is 11.7. The van der Waals surface area contributed by atoms with Crippen LogP contribution in [0.1, 0.15) is 26.3 Å². The minimum absolute atomic E-state index is 0.397. The van der Waals surface area contributed by atoms with Crippen molar-refractivity contribution in [3.8, 4) is 0 Å². The van der Waals surface area contributed by atoms with Gasteiger partial charge in [0, 0.05) is 0 Å². The van der Waals surface area contributed by atoms with E-state index in [9.17, 15) is 9.90 Å². The van der Waals surface area contributed by atoms with E-state index in [4.69, 9.17) is 0 Å². The van der Waals surface area contributed by atoms with Crippen molar-refractivity contribution in [2.45, 2.75) is 26.3 Å². The highest BCUT2D eigenvalue weighted by Crippen LogP contribution is 2.25. The number of hydrogen-bond donors (Lipinski definition) is 2. The molecule has 2 N–H and O–H groups in total. The molecule has 20 heavy (non-hydrogen) atoms. The van der Waals surface area contributed by atoms with Crippen LogP contribution >= 0.6 is 0 Å². The topological polar surface area (TPSA) is 49.3 Å². The second kappa shape index (κ2) is 5.63. The number of fused-ring (bicyclic) bond motifs is 1. The molecule has 0 spiro atoms. The van der Waals surface area contributed by atoms with Crippen LogP contribution in [0.15, 0.2) is 42.5 Å². The Morgan fingerprint density at radius 3 is 2.45 bits per heavy atom. The van der Waals surface area contributed by atoms with E-state index in [2.05, 4.69) is 19.2 Å². The van der Waals surface area contributed by atoms with Crippen molar-refractivity contribution in [1.29, 1.82) is 0 Å². The molecular formula is C17H21NO2. The predicted octanol–water partition coefficient (Wildman–Crippen LogP) is 3.39. The summed E-state index contributed by atoms with van der Waals surface area (Å²) >= 11 is 0. The van der Waals surface area contributed by atoms with Crippen molar-refractivity contribution in [2.75, 3.05) is 6.54 Å². The SMILES string of the molecule is CC(C)CNC(C)(C(=O)O)c1ccc2ccccc2c1. The number of aliphatic carboxylic acids is 1. The first-order valence-corrected chi connectivity index (χ1v) is 6.91. The van der Waals surface area contributed by atoms with Gasteiger partial charge in [-0.2, -0.15) is 0 Å². The summed E-state index contributed by atoms with van der Waals surface area (Å²) in [6.45, 7) is 6.52. The van der Waals surface area contributed by atoms with Crippen molar-refractivity contribution in [2.24, 2.45) is 5.92 Å². The summed E-state index contributed by atoms with van der Waals surface area (Å²) in [5.41, 5.74) is -0.279. The van der Waals surface area contributed by atoms with E-state index >= 15 is 0 Å². The molecule has 2 aromatic carbocycles. The summed E-state index contributed by atoms with van der Waals surface area (Å²) in [5.74, 6) is -0.456. The van der Waals surface area contributed by atoms with E-state index in [0.717, 1.165) is 16.3 Å². The largest absolute Gasteiger partial charge is 0.480 e. The van der Waals surface area contributed by atoms with E-state index in [1.54, 1.807) is 6.92 Å². The van der Waals surface area contributed by atoms with Crippen molar-refractivity contribution >= 4 is 16.7 Å². The summed E-state index contributed by atoms with van der Waals surface area (Å²) in [7, 11) is 0. The molecule has 0 heterocycles. The minimum Gasteiger partial charge on any atom is -0.480 e. The van der Waals surface area contributed by atoms with Gasteiger partial charge >= 0.3 is 5.97 Å². The monoisotopic (exact) mass is 271 g/mol. The third-order valence-corrected chi connectivity index (χ3v) is 3.62. The van der Waals surface area contributed by atoms with Crippen molar-refractivity contribution in [3.63, 3.8) is 0 Å². The fourth-order valence-electron chi connectivity index (χ4n) is 2.21. The quantitative estimate of drug-likeness (QED) is 0.876. The number of hydrogen-bond acceptors (Lipinski definition) is 2. The van der Waals surface area contributed by atoms with Crippen molar-refractivity contribution in [1.82, 2.24) is 5.32 Å². The van der Waals surface area contributed by atoms with Gasteiger partial charge in [0.1, 0.15) is 5.54 Å². The second-order valence-corrected chi connectivity index (χ2v) is 5.77. The van der Waals surface area contributed by atoms with Crippen LogP contribution in [0.25, 0.3) is 10.8 Å². The average Bonchev–Trinajstić information content (AvgIpc) is 2.44. The number of carboxylic acid groups (broad SMARTS) is 1. The zero-order chi connectivity index (χ0) is 14.8. The number of benzene rings is 2. The van der Waals surface area contributed by atoms with E-state index in [-0.39, 0.29) is 0 Å². The summed E-state index contributed by atoms with van der Waals surface area (Å²) in [5, 5.41) is 15.0. The molecule has 3 heteroatoms. The average molecular weight is 271 g/mol. The van der Waals surface area contributed by atoms with Crippen LogP contribution in [-0.2, 0) is 10.3 Å². The van der Waals surface area contributed by atoms with Crippen LogP contribution < -0.4 is 5.32 Å². The molecule has 0 bridgehead atoms. The molecule has 1 unspecified atom stereocenters. The number of carboxylic acids is 1. The molecule has 0 saturated carbocycles. The van der Waals surface area contributed by atoms with Gasteiger partial charge in [-0.1, -0.05) is 50.2 Å². The highest BCUT2D eigenvalue weighted by molar-refractivity contribution is 5.86. The second-order valence-electron chi connectivity index (χ2n) is 5.77. The lowest BCUT2D eigenvalue weighted by Gasteiger charge is -2.28. The van der Waals surface area contributed by atoms with Crippen molar-refractivity contribution in [3.05, 3.63) is 48.0 Å². The molecular weight excluding hydrogens is 250 g/mol. The van der Waals surface area contributed by atoms with Crippen LogP contribution in [0.3, 0.4) is 0 Å². The lowest BCUT2D eigenvalue weighted by molar-refractivity contribution is -0.144. The standard InChI is InChI=1S/C17H21NO2/c1-12(2)11-18-17(3,16(19)20)15-9-8-13-6-4-5-7-14(13)10-15/h4-10,12,18H,11H2,1-3H3,(H,19,20). The summed E-state index contributed by atoms with van der Waals surface area (Å²) in [6, 6.07) is 13.8. The molecule has 0 aliphatic rings. The summed E-state index contributed by atoms with van der Waals surface area (Å²) in [6.07, 6.45) is 0. The number of carbonyl (C=O) groups is 1. The Morgan fingerprint density at radius 2 is 1.85 bits per heavy atom. The fourth-order valence-corrected chi connectivity index (χ4v) is 2.21. The molecule has 3 nitrogen and oxygen atoms in total. The van der Waals surface area contributed by atoms with Crippen molar-refractivity contribution < 1.29 is 9.90 Å². The molecule has 2 aromatic rings. The first-order valence-electron chi connectivity index (χ1n) is 6.91. The third kappa shape index (κ3) is 2.83. The Hall–Kier alpha value is -1.87. The van der Waals surface area contributed by atoms with Crippen LogP contribution in [0.2, 0.25) is 0 Å². The van der Waals surface area contributed by atoms with Crippen LogP contribution in [0.4, 0.5) is 0 Å². The molecule has 0 aromatic heterocycles. The van der Waals surface area contributed by atoms with Gasteiger partial charge in [0.25, 0.3) is 0 Å². The Morgan fingerprint density at radius 1 is 1.20 bits per heavy atom. The molecule has 0 aliphatic heterocycles. The van der Waals surface area contributed by atoms with Gasteiger partial charge in [-0.15, -0.1) is 0 Å². The first kappa shape index (κ1) is 14.5. The predicted molar refractivity (Wildman–Crippen MR) is 81.8 cm³/mol. The summed E-state index contributed by atoms with van der Waals surface area (Å²) < 4.78 is 0. The van der Waals surface area contributed by atoms with Gasteiger partial charge in [-0.05, 0) is 41.8 Å². The van der Waals surface area contributed by atoms with Gasteiger partial charge in [0.05, 0.1) is 0 Å². The molecule has 0 amide bonds. The zero-order valence-corrected chi connectivity index (χ0v) is 12.2. The Bertz CT molecular complexity index is 621. The smallest absolute Gasteiger partial charge is 0.328 e. The number of rotatable bonds is 5. The maximum Gasteiger partial charge on any atom is 0.328 e. The Kier molecular flexibility index (Phi) is 4.09. The van der Waals surface area contributed by atoms with Gasteiger partial charge in [0.2, 0.25) is 0 Å². The van der Waals surface area contributed by atoms with E-state index < -0.39 is 11.5 Å². The molecule has 2 rings (SSSR count). The highest BCUT2D eigenvalue weighted by Gasteiger charge is 2.34. The third-order valence-electron chi connectivity index (χ3n) is 3.62. The molecule has 1 atom stereocenters. The van der Waals surface area contributed by atoms with Gasteiger partial charge in [-0.25, -0.2) is 4.79 Å². The Labute approximate surface area is 119 Å². The minimum atomic E-state index is -1.06. The maximum atomic E-state index is 11.7. The van der Waals surface area contributed by atoms with E-state index in [1.807, 2.05) is 42.5 Å². The van der Waals surface area contributed by atoms with Crippen LogP contribution in [0, 0.1) is 5.92 Å².